The molecule has 1 aliphatic heterocycles. The van der Waals surface area contributed by atoms with E-state index in [-0.39, 0.29) is 42.7 Å². The molecule has 110 valence electrons. The van der Waals surface area contributed by atoms with Gasteiger partial charge in [-0.05, 0) is 26.3 Å². The van der Waals surface area contributed by atoms with Gasteiger partial charge in [0.25, 0.3) is 0 Å². The molecule has 1 aromatic heterocycles. The second-order valence-corrected chi connectivity index (χ2v) is 5.22. The van der Waals surface area contributed by atoms with Gasteiger partial charge in [-0.1, -0.05) is 0 Å². The Kier molecular flexibility index (Phi) is 6.72. The van der Waals surface area contributed by atoms with E-state index < -0.39 is 0 Å². The van der Waals surface area contributed by atoms with Crippen molar-refractivity contribution in [3.05, 3.63) is 18.0 Å². The first-order valence-corrected chi connectivity index (χ1v) is 6.55. The summed E-state index contributed by atoms with van der Waals surface area (Å²) in [5.74, 6) is 0. The quantitative estimate of drug-likeness (QED) is 0.789. The number of hydrogen-bond donors (Lipinski definition) is 1. The van der Waals surface area contributed by atoms with Gasteiger partial charge in [0.05, 0.1) is 18.4 Å². The first-order chi connectivity index (χ1) is 8.65. The molecule has 2 heterocycles. The van der Waals surface area contributed by atoms with Crippen molar-refractivity contribution < 1.29 is 9.84 Å². The van der Waals surface area contributed by atoms with Crippen LogP contribution in [0.25, 0.3) is 0 Å². The van der Waals surface area contributed by atoms with E-state index in [1.807, 2.05) is 10.9 Å². The van der Waals surface area contributed by atoms with Crippen molar-refractivity contribution in [3.8, 4) is 0 Å². The van der Waals surface area contributed by atoms with Crippen LogP contribution in [0.1, 0.15) is 32.0 Å². The third kappa shape index (κ3) is 3.90. The van der Waals surface area contributed by atoms with Crippen LogP contribution in [0.5, 0.6) is 0 Å². The summed E-state index contributed by atoms with van der Waals surface area (Å²) in [6, 6.07) is 2.61. The van der Waals surface area contributed by atoms with Crippen molar-refractivity contribution >= 4 is 24.0 Å². The standard InChI is InChI=1S/C13H23N3O2.HI/c1-10(2)16-11(4-5-14-16)7-15-8-13(18-3)6-12(15)9-17;/h4-5,10,12-13,17H,6-9H2,1-3H3;1H/t12-,13+;/m0./s1. The Hall–Kier alpha value is -0.180. The van der Waals surface area contributed by atoms with E-state index in [4.69, 9.17) is 4.74 Å². The Morgan fingerprint density at radius 2 is 2.26 bits per heavy atom. The highest BCUT2D eigenvalue weighted by atomic mass is 127. The number of aliphatic hydroxyl groups is 1. The molecule has 0 aromatic carbocycles. The Labute approximate surface area is 131 Å². The first-order valence-electron chi connectivity index (χ1n) is 6.55. The maximum atomic E-state index is 9.44. The lowest BCUT2D eigenvalue weighted by Gasteiger charge is -2.23. The van der Waals surface area contributed by atoms with Crippen LogP contribution in [0.2, 0.25) is 0 Å². The average Bonchev–Trinajstić information content (AvgIpc) is 2.95. The topological polar surface area (TPSA) is 50.5 Å². The number of ether oxygens (including phenoxy) is 1. The van der Waals surface area contributed by atoms with E-state index in [9.17, 15) is 5.11 Å². The highest BCUT2D eigenvalue weighted by Crippen LogP contribution is 2.22. The lowest BCUT2D eigenvalue weighted by molar-refractivity contribution is 0.106. The van der Waals surface area contributed by atoms with Gasteiger partial charge in [0, 0.05) is 38.5 Å². The largest absolute Gasteiger partial charge is 0.395 e. The highest BCUT2D eigenvalue weighted by Gasteiger charge is 2.32. The molecule has 1 fully saturated rings. The van der Waals surface area contributed by atoms with Crippen molar-refractivity contribution in [3.63, 3.8) is 0 Å². The number of nitrogens with zero attached hydrogens (tertiary/aromatic N) is 3. The smallest absolute Gasteiger partial charge is 0.0714 e. The minimum atomic E-state index is 0. The van der Waals surface area contributed by atoms with Crippen LogP contribution in [0.15, 0.2) is 12.3 Å². The fraction of sp³-hybridized carbons (Fsp3) is 0.769. The predicted octanol–water partition coefficient (Wildman–Crippen LogP) is 1.66. The average molecular weight is 381 g/mol. The van der Waals surface area contributed by atoms with Gasteiger partial charge >= 0.3 is 0 Å². The maximum absolute atomic E-state index is 9.44. The molecule has 0 saturated carbocycles. The van der Waals surface area contributed by atoms with Crippen molar-refractivity contribution in [2.75, 3.05) is 20.3 Å². The minimum Gasteiger partial charge on any atom is -0.395 e. The molecule has 2 rings (SSSR count). The molecule has 19 heavy (non-hydrogen) atoms. The molecule has 1 N–H and O–H groups in total. The SMILES string of the molecule is CO[C@@H]1C[C@@H](CO)N(Cc2ccnn2C(C)C)C1.I. The van der Waals surface area contributed by atoms with E-state index in [1.165, 1.54) is 5.69 Å². The van der Waals surface area contributed by atoms with Crippen molar-refractivity contribution in [2.45, 2.75) is 45.0 Å². The summed E-state index contributed by atoms with van der Waals surface area (Å²) >= 11 is 0. The van der Waals surface area contributed by atoms with Crippen LogP contribution in [0.4, 0.5) is 0 Å². The zero-order valence-corrected chi connectivity index (χ0v) is 14.2. The van der Waals surface area contributed by atoms with Crippen molar-refractivity contribution in [2.24, 2.45) is 0 Å². The van der Waals surface area contributed by atoms with Gasteiger partial charge in [-0.15, -0.1) is 24.0 Å². The third-order valence-corrected chi connectivity index (χ3v) is 3.64. The van der Waals surface area contributed by atoms with Gasteiger partial charge < -0.3 is 9.84 Å². The molecule has 0 aliphatic carbocycles. The summed E-state index contributed by atoms with van der Waals surface area (Å²) in [5.41, 5.74) is 1.19. The van der Waals surface area contributed by atoms with E-state index in [2.05, 4.69) is 29.9 Å². The van der Waals surface area contributed by atoms with Gasteiger partial charge in [-0.25, -0.2) is 0 Å². The summed E-state index contributed by atoms with van der Waals surface area (Å²) in [6.07, 6.45) is 2.98. The van der Waals surface area contributed by atoms with Crippen molar-refractivity contribution in [1.82, 2.24) is 14.7 Å². The molecule has 6 heteroatoms. The number of aliphatic hydroxyl groups excluding tert-OH is 1. The van der Waals surface area contributed by atoms with Gasteiger partial charge in [0.1, 0.15) is 0 Å². The normalized spacial score (nSPS) is 23.8. The number of rotatable bonds is 5. The Morgan fingerprint density at radius 3 is 2.84 bits per heavy atom. The Balaban J connectivity index is 0.00000180. The summed E-state index contributed by atoms with van der Waals surface area (Å²) in [7, 11) is 1.74. The van der Waals surface area contributed by atoms with Crippen LogP contribution in [-0.2, 0) is 11.3 Å². The number of hydrogen-bond acceptors (Lipinski definition) is 4. The fourth-order valence-corrected chi connectivity index (χ4v) is 2.63. The lowest BCUT2D eigenvalue weighted by Crippen LogP contribution is -2.33. The van der Waals surface area contributed by atoms with Gasteiger partial charge in [0.15, 0.2) is 0 Å². The monoisotopic (exact) mass is 381 g/mol. The van der Waals surface area contributed by atoms with E-state index >= 15 is 0 Å². The van der Waals surface area contributed by atoms with Crippen LogP contribution >= 0.6 is 24.0 Å². The van der Waals surface area contributed by atoms with Crippen LogP contribution < -0.4 is 0 Å². The number of methoxy groups -OCH3 is 1. The molecule has 0 spiro atoms. The Bertz CT molecular complexity index is 384. The fourth-order valence-electron chi connectivity index (χ4n) is 2.63. The molecule has 0 unspecified atom stereocenters. The molecule has 0 bridgehead atoms. The van der Waals surface area contributed by atoms with Crippen molar-refractivity contribution in [1.29, 1.82) is 0 Å². The van der Waals surface area contributed by atoms with Gasteiger partial charge in [-0.2, -0.15) is 5.10 Å². The summed E-state index contributed by atoms with van der Waals surface area (Å²) in [6.45, 7) is 6.15. The molecule has 5 nitrogen and oxygen atoms in total. The zero-order valence-electron chi connectivity index (χ0n) is 11.8. The van der Waals surface area contributed by atoms with Crippen LogP contribution in [0.3, 0.4) is 0 Å². The number of likely N-dealkylation sites (tertiary alicyclic amines) is 1. The molecule has 1 aromatic rings. The molecular formula is C13H24IN3O2. The third-order valence-electron chi connectivity index (χ3n) is 3.64. The highest BCUT2D eigenvalue weighted by molar-refractivity contribution is 14.0. The molecule has 1 aliphatic rings. The van der Waals surface area contributed by atoms with Gasteiger partial charge in [0.2, 0.25) is 0 Å². The minimum absolute atomic E-state index is 0. The summed E-state index contributed by atoms with van der Waals surface area (Å²) < 4.78 is 7.43. The molecule has 2 atom stereocenters. The second kappa shape index (κ2) is 7.56. The van der Waals surface area contributed by atoms with E-state index in [1.54, 1.807) is 7.11 Å². The summed E-state index contributed by atoms with van der Waals surface area (Å²) in [5, 5.41) is 13.8. The van der Waals surface area contributed by atoms with E-state index in [0.717, 1.165) is 19.5 Å². The maximum Gasteiger partial charge on any atom is 0.0714 e. The molecule has 0 radical (unpaired) electrons. The van der Waals surface area contributed by atoms with Crippen LogP contribution in [0, 0.1) is 0 Å². The second-order valence-electron chi connectivity index (χ2n) is 5.22. The first kappa shape index (κ1) is 16.9. The number of halogens is 1. The Morgan fingerprint density at radius 1 is 1.53 bits per heavy atom. The van der Waals surface area contributed by atoms with E-state index in [0.29, 0.717) is 6.04 Å². The van der Waals surface area contributed by atoms with Gasteiger partial charge in [-0.3, -0.25) is 9.58 Å². The number of aromatic nitrogens is 2. The summed E-state index contributed by atoms with van der Waals surface area (Å²) in [4.78, 5) is 2.28. The lowest BCUT2D eigenvalue weighted by atomic mass is 10.2. The molecular weight excluding hydrogens is 357 g/mol. The predicted molar refractivity (Wildman–Crippen MR) is 84.7 cm³/mol. The molecule has 0 amide bonds. The van der Waals surface area contributed by atoms with Crippen LogP contribution in [-0.4, -0.2) is 52.2 Å². The molecule has 1 saturated heterocycles. The zero-order chi connectivity index (χ0) is 13.1.